The SMILES string of the molecule is CC(C)(C)c1cc(-c2cncc(-c3ccc(C(=O)N4CCC(O)C(F)(F)C4)cc3Cl)c2)ccn1. The van der Waals surface area contributed by atoms with Crippen molar-refractivity contribution in [3.05, 3.63) is 71.3 Å². The quantitative estimate of drug-likeness (QED) is 0.524. The Balaban J connectivity index is 1.60. The van der Waals surface area contributed by atoms with Crippen LogP contribution in [0.25, 0.3) is 22.3 Å². The molecule has 4 rings (SSSR count). The zero-order chi connectivity index (χ0) is 24.7. The molecule has 0 bridgehead atoms. The Kier molecular flexibility index (Phi) is 6.44. The molecule has 3 aromatic rings. The number of hydrogen-bond donors (Lipinski definition) is 1. The molecule has 1 aliphatic heterocycles. The van der Waals surface area contributed by atoms with E-state index in [-0.39, 0.29) is 23.9 Å². The number of benzene rings is 1. The Morgan fingerprint density at radius 1 is 1.12 bits per heavy atom. The first-order chi connectivity index (χ1) is 16.0. The lowest BCUT2D eigenvalue weighted by Gasteiger charge is -2.35. The molecule has 1 fully saturated rings. The first-order valence-electron chi connectivity index (χ1n) is 11.0. The number of amides is 1. The summed E-state index contributed by atoms with van der Waals surface area (Å²) >= 11 is 6.51. The molecule has 1 aliphatic rings. The number of aliphatic hydroxyl groups is 1. The summed E-state index contributed by atoms with van der Waals surface area (Å²) in [4.78, 5) is 22.7. The topological polar surface area (TPSA) is 66.3 Å². The van der Waals surface area contributed by atoms with Crippen LogP contribution >= 0.6 is 11.6 Å². The van der Waals surface area contributed by atoms with E-state index in [0.29, 0.717) is 10.6 Å². The number of piperidine rings is 1. The van der Waals surface area contributed by atoms with Crippen LogP contribution in [0.1, 0.15) is 43.2 Å². The van der Waals surface area contributed by atoms with Gasteiger partial charge in [0.25, 0.3) is 11.8 Å². The van der Waals surface area contributed by atoms with Gasteiger partial charge in [-0.15, -0.1) is 0 Å². The highest BCUT2D eigenvalue weighted by atomic mass is 35.5. The number of likely N-dealkylation sites (tertiary alicyclic amines) is 1. The van der Waals surface area contributed by atoms with E-state index in [1.807, 2.05) is 18.2 Å². The van der Waals surface area contributed by atoms with E-state index in [0.717, 1.165) is 27.3 Å². The summed E-state index contributed by atoms with van der Waals surface area (Å²) in [7, 11) is 0. The molecule has 8 heteroatoms. The lowest BCUT2D eigenvalue weighted by molar-refractivity contribution is -0.142. The monoisotopic (exact) mass is 485 g/mol. The van der Waals surface area contributed by atoms with Gasteiger partial charge in [0, 0.05) is 63.5 Å². The Morgan fingerprint density at radius 3 is 2.53 bits per heavy atom. The van der Waals surface area contributed by atoms with Crippen LogP contribution in [0.15, 0.2) is 55.0 Å². The molecule has 1 aromatic carbocycles. The van der Waals surface area contributed by atoms with Crippen LogP contribution in [-0.2, 0) is 5.41 Å². The molecule has 1 saturated heterocycles. The van der Waals surface area contributed by atoms with E-state index in [2.05, 4.69) is 30.7 Å². The minimum absolute atomic E-state index is 0.0589. The number of alkyl halides is 2. The van der Waals surface area contributed by atoms with Crippen molar-refractivity contribution in [2.75, 3.05) is 13.1 Å². The summed E-state index contributed by atoms with van der Waals surface area (Å²) in [5.41, 5.74) is 4.41. The molecule has 1 N–H and O–H groups in total. The predicted molar refractivity (Wildman–Crippen MR) is 128 cm³/mol. The summed E-state index contributed by atoms with van der Waals surface area (Å²) in [5.74, 6) is -3.87. The largest absolute Gasteiger partial charge is 0.387 e. The molecule has 5 nitrogen and oxygen atoms in total. The summed E-state index contributed by atoms with van der Waals surface area (Å²) in [6.45, 7) is 5.54. The fourth-order valence-corrected chi connectivity index (χ4v) is 4.22. The van der Waals surface area contributed by atoms with Gasteiger partial charge < -0.3 is 10.0 Å². The van der Waals surface area contributed by atoms with E-state index in [1.165, 1.54) is 6.07 Å². The van der Waals surface area contributed by atoms with Crippen LogP contribution in [0.5, 0.6) is 0 Å². The molecule has 178 valence electrons. The Hall–Kier alpha value is -2.90. The van der Waals surface area contributed by atoms with Crippen LogP contribution in [0, 0.1) is 0 Å². The van der Waals surface area contributed by atoms with Crippen LogP contribution in [0.3, 0.4) is 0 Å². The normalized spacial score (nSPS) is 18.1. The zero-order valence-corrected chi connectivity index (χ0v) is 20.0. The molecule has 34 heavy (non-hydrogen) atoms. The van der Waals surface area contributed by atoms with Gasteiger partial charge >= 0.3 is 0 Å². The minimum Gasteiger partial charge on any atom is -0.387 e. The highest BCUT2D eigenvalue weighted by molar-refractivity contribution is 6.33. The van der Waals surface area contributed by atoms with Crippen molar-refractivity contribution in [3.63, 3.8) is 0 Å². The minimum atomic E-state index is -3.33. The maximum Gasteiger partial charge on any atom is 0.290 e. The summed E-state index contributed by atoms with van der Waals surface area (Å²) in [6, 6.07) is 10.7. The molecule has 1 atom stereocenters. The van der Waals surface area contributed by atoms with E-state index < -0.39 is 24.5 Å². The van der Waals surface area contributed by atoms with E-state index in [1.54, 1.807) is 30.7 Å². The maximum absolute atomic E-state index is 13.9. The first kappa shape index (κ1) is 24.2. The molecule has 0 saturated carbocycles. The van der Waals surface area contributed by atoms with Crippen molar-refractivity contribution in [1.82, 2.24) is 14.9 Å². The molecule has 1 unspecified atom stereocenters. The van der Waals surface area contributed by atoms with Gasteiger partial charge in [-0.25, -0.2) is 8.78 Å². The first-order valence-corrected chi connectivity index (χ1v) is 11.4. The number of hydrogen-bond acceptors (Lipinski definition) is 4. The standard InChI is InChI=1S/C26H26ClF2N3O2/c1-25(2,3)22-12-16(6-8-31-22)18-10-19(14-30-13-18)20-5-4-17(11-21(20)27)24(34)32-9-7-23(33)26(28,29)15-32/h4-6,8,10-14,23,33H,7,9,15H2,1-3H3. The van der Waals surface area contributed by atoms with Gasteiger partial charge in [-0.05, 0) is 42.3 Å². The fourth-order valence-electron chi connectivity index (χ4n) is 3.93. The molecular formula is C26H26ClF2N3O2. The number of aromatic nitrogens is 2. The van der Waals surface area contributed by atoms with Crippen molar-refractivity contribution >= 4 is 17.5 Å². The number of aliphatic hydroxyl groups excluding tert-OH is 1. The number of rotatable bonds is 3. The van der Waals surface area contributed by atoms with E-state index in [4.69, 9.17) is 11.6 Å². The smallest absolute Gasteiger partial charge is 0.290 e. The lowest BCUT2D eigenvalue weighted by Crippen LogP contribution is -2.53. The third-order valence-electron chi connectivity index (χ3n) is 5.98. The molecule has 3 heterocycles. The number of pyridine rings is 2. The second kappa shape index (κ2) is 9.04. The van der Waals surface area contributed by atoms with Crippen molar-refractivity contribution < 1.29 is 18.7 Å². The number of carbonyl (C=O) groups is 1. The van der Waals surface area contributed by atoms with Gasteiger partial charge in [-0.2, -0.15) is 0 Å². The maximum atomic E-state index is 13.9. The Labute approximate surface area is 202 Å². The van der Waals surface area contributed by atoms with Gasteiger partial charge in [0.05, 0.1) is 6.54 Å². The summed E-state index contributed by atoms with van der Waals surface area (Å²) in [5, 5.41) is 9.77. The van der Waals surface area contributed by atoms with Gasteiger partial charge in [-0.1, -0.05) is 38.4 Å². The zero-order valence-electron chi connectivity index (χ0n) is 19.2. The second-order valence-electron chi connectivity index (χ2n) is 9.63. The Morgan fingerprint density at radius 2 is 1.85 bits per heavy atom. The molecule has 1 amide bonds. The van der Waals surface area contributed by atoms with E-state index in [9.17, 15) is 18.7 Å². The molecule has 2 aromatic heterocycles. The Bertz CT molecular complexity index is 1230. The molecule has 0 radical (unpaired) electrons. The average Bonchev–Trinajstić information content (AvgIpc) is 2.80. The summed E-state index contributed by atoms with van der Waals surface area (Å²) in [6.07, 6.45) is 3.32. The van der Waals surface area contributed by atoms with Crippen LogP contribution < -0.4 is 0 Å². The lowest BCUT2D eigenvalue weighted by atomic mass is 9.90. The third kappa shape index (κ3) is 4.95. The third-order valence-corrected chi connectivity index (χ3v) is 6.29. The number of halogens is 3. The molecular weight excluding hydrogens is 460 g/mol. The van der Waals surface area contributed by atoms with Gasteiger partial charge in [0.2, 0.25) is 0 Å². The van der Waals surface area contributed by atoms with Gasteiger partial charge in [0.15, 0.2) is 0 Å². The van der Waals surface area contributed by atoms with Gasteiger partial charge in [0.1, 0.15) is 6.10 Å². The number of carbonyl (C=O) groups excluding carboxylic acids is 1. The van der Waals surface area contributed by atoms with Crippen molar-refractivity contribution in [3.8, 4) is 22.3 Å². The van der Waals surface area contributed by atoms with Crippen molar-refractivity contribution in [1.29, 1.82) is 0 Å². The number of nitrogens with zero attached hydrogens (tertiary/aromatic N) is 3. The fraction of sp³-hybridized carbons (Fsp3) is 0.346. The molecule has 0 spiro atoms. The summed E-state index contributed by atoms with van der Waals surface area (Å²) < 4.78 is 27.8. The predicted octanol–water partition coefficient (Wildman–Crippen LogP) is 5.60. The molecule has 0 aliphatic carbocycles. The van der Waals surface area contributed by atoms with Crippen molar-refractivity contribution in [2.45, 2.75) is 44.6 Å². The van der Waals surface area contributed by atoms with Gasteiger partial charge in [-0.3, -0.25) is 14.8 Å². The highest BCUT2D eigenvalue weighted by Crippen LogP contribution is 2.33. The van der Waals surface area contributed by atoms with Crippen LogP contribution in [-0.4, -0.2) is 51.0 Å². The van der Waals surface area contributed by atoms with Crippen LogP contribution in [0.2, 0.25) is 5.02 Å². The van der Waals surface area contributed by atoms with Crippen LogP contribution in [0.4, 0.5) is 8.78 Å². The average molecular weight is 486 g/mol. The highest BCUT2D eigenvalue weighted by Gasteiger charge is 2.45. The van der Waals surface area contributed by atoms with E-state index >= 15 is 0 Å². The second-order valence-corrected chi connectivity index (χ2v) is 10.0. The van der Waals surface area contributed by atoms with Crippen molar-refractivity contribution in [2.24, 2.45) is 0 Å².